The van der Waals surface area contributed by atoms with Gasteiger partial charge in [-0.25, -0.2) is 12.8 Å². The monoisotopic (exact) mass is 335 g/mol. The standard InChI is InChI=1S/C13H18FNO6S/c1-5-21-13(16)8(2)15-22(17,18)12-7-11(20-4)10(19-3)6-9(12)14/h6-8,15H,5H2,1-4H3. The molecule has 124 valence electrons. The minimum Gasteiger partial charge on any atom is -0.493 e. The Morgan fingerprint density at radius 3 is 2.32 bits per heavy atom. The normalized spacial score (nSPS) is 12.6. The van der Waals surface area contributed by atoms with Gasteiger partial charge in [0, 0.05) is 12.1 Å². The van der Waals surface area contributed by atoms with Gasteiger partial charge in [0.1, 0.15) is 16.8 Å². The molecule has 1 N–H and O–H groups in total. The van der Waals surface area contributed by atoms with Gasteiger partial charge in [-0.15, -0.1) is 0 Å². The van der Waals surface area contributed by atoms with Gasteiger partial charge in [-0.2, -0.15) is 4.72 Å². The van der Waals surface area contributed by atoms with E-state index in [0.29, 0.717) is 0 Å². The van der Waals surface area contributed by atoms with Crippen molar-refractivity contribution in [3.05, 3.63) is 17.9 Å². The Labute approximate surface area is 128 Å². The van der Waals surface area contributed by atoms with Crippen molar-refractivity contribution in [1.29, 1.82) is 0 Å². The lowest BCUT2D eigenvalue weighted by atomic mass is 10.3. The van der Waals surface area contributed by atoms with Crippen LogP contribution in [0.4, 0.5) is 4.39 Å². The minimum atomic E-state index is -4.27. The van der Waals surface area contributed by atoms with Crippen molar-refractivity contribution in [2.24, 2.45) is 0 Å². The van der Waals surface area contributed by atoms with Crippen LogP contribution < -0.4 is 14.2 Å². The smallest absolute Gasteiger partial charge is 0.323 e. The van der Waals surface area contributed by atoms with E-state index in [1.54, 1.807) is 6.92 Å². The third-order valence-corrected chi connectivity index (χ3v) is 4.26. The number of carbonyl (C=O) groups excluding carboxylic acids is 1. The molecule has 1 aromatic carbocycles. The predicted molar refractivity (Wildman–Crippen MR) is 75.9 cm³/mol. The zero-order chi connectivity index (χ0) is 16.9. The number of esters is 1. The summed E-state index contributed by atoms with van der Waals surface area (Å²) in [6.45, 7) is 3.00. The second kappa shape index (κ2) is 7.41. The first-order chi connectivity index (χ1) is 10.3. The molecule has 0 heterocycles. The summed E-state index contributed by atoms with van der Waals surface area (Å²) < 4.78 is 54.9. The van der Waals surface area contributed by atoms with Crippen molar-refractivity contribution in [3.63, 3.8) is 0 Å². The Morgan fingerprint density at radius 1 is 1.27 bits per heavy atom. The maximum Gasteiger partial charge on any atom is 0.323 e. The molecule has 0 aromatic heterocycles. The quantitative estimate of drug-likeness (QED) is 0.750. The highest BCUT2D eigenvalue weighted by molar-refractivity contribution is 7.89. The first-order valence-electron chi connectivity index (χ1n) is 6.37. The number of ether oxygens (including phenoxy) is 3. The van der Waals surface area contributed by atoms with Crippen LogP contribution in [0.15, 0.2) is 17.0 Å². The Hall–Kier alpha value is -1.87. The van der Waals surface area contributed by atoms with Crippen molar-refractivity contribution in [2.45, 2.75) is 24.8 Å². The highest BCUT2D eigenvalue weighted by Crippen LogP contribution is 2.31. The molecule has 0 aliphatic carbocycles. The molecule has 7 nitrogen and oxygen atoms in total. The van der Waals surface area contributed by atoms with Gasteiger partial charge < -0.3 is 14.2 Å². The van der Waals surface area contributed by atoms with Crippen LogP contribution >= 0.6 is 0 Å². The molecule has 0 radical (unpaired) electrons. The van der Waals surface area contributed by atoms with Crippen molar-refractivity contribution < 1.29 is 31.8 Å². The molecule has 0 saturated heterocycles. The van der Waals surface area contributed by atoms with Crippen LogP contribution in [0.1, 0.15) is 13.8 Å². The highest BCUT2D eigenvalue weighted by atomic mass is 32.2. The molecule has 1 atom stereocenters. The summed E-state index contributed by atoms with van der Waals surface area (Å²) in [5.74, 6) is -1.68. The summed E-state index contributed by atoms with van der Waals surface area (Å²) >= 11 is 0. The lowest BCUT2D eigenvalue weighted by Crippen LogP contribution is -2.39. The van der Waals surface area contributed by atoms with Gasteiger partial charge >= 0.3 is 5.97 Å². The summed E-state index contributed by atoms with van der Waals surface area (Å²) in [4.78, 5) is 10.8. The molecule has 1 rings (SSSR count). The summed E-state index contributed by atoms with van der Waals surface area (Å²) in [6, 6.07) is 0.717. The van der Waals surface area contributed by atoms with E-state index < -0.39 is 32.7 Å². The molecule has 0 spiro atoms. The van der Waals surface area contributed by atoms with Crippen molar-refractivity contribution in [1.82, 2.24) is 4.72 Å². The third kappa shape index (κ3) is 4.08. The van der Waals surface area contributed by atoms with Crippen molar-refractivity contribution in [3.8, 4) is 11.5 Å². The van der Waals surface area contributed by atoms with Crippen LogP contribution in [0.25, 0.3) is 0 Å². The van der Waals surface area contributed by atoms with Gasteiger partial charge in [0.15, 0.2) is 11.5 Å². The molecule has 1 aromatic rings. The van der Waals surface area contributed by atoms with Crippen LogP contribution in [0.3, 0.4) is 0 Å². The van der Waals surface area contributed by atoms with E-state index in [1.165, 1.54) is 21.1 Å². The minimum absolute atomic E-state index is 0.0491. The average molecular weight is 335 g/mol. The number of halogens is 1. The first kappa shape index (κ1) is 18.2. The van der Waals surface area contributed by atoms with Gasteiger partial charge in [0.05, 0.1) is 20.8 Å². The van der Waals surface area contributed by atoms with Crippen LogP contribution in [0.2, 0.25) is 0 Å². The summed E-state index contributed by atoms with van der Waals surface area (Å²) in [6.07, 6.45) is 0. The van der Waals surface area contributed by atoms with E-state index in [2.05, 4.69) is 0 Å². The number of methoxy groups -OCH3 is 2. The van der Waals surface area contributed by atoms with E-state index in [9.17, 15) is 17.6 Å². The molecule has 9 heteroatoms. The number of sulfonamides is 1. The third-order valence-electron chi connectivity index (χ3n) is 2.70. The Bertz CT molecular complexity index is 646. The number of carbonyl (C=O) groups is 1. The highest BCUT2D eigenvalue weighted by Gasteiger charge is 2.27. The number of rotatable bonds is 7. The van der Waals surface area contributed by atoms with Crippen LogP contribution in [-0.4, -0.2) is 41.3 Å². The molecule has 0 bridgehead atoms. The molecule has 0 amide bonds. The predicted octanol–water partition coefficient (Wildman–Crippen LogP) is 1.07. The van der Waals surface area contributed by atoms with E-state index >= 15 is 0 Å². The second-order valence-electron chi connectivity index (χ2n) is 4.23. The van der Waals surface area contributed by atoms with Crippen molar-refractivity contribution >= 4 is 16.0 Å². The number of benzene rings is 1. The maximum absolute atomic E-state index is 14.0. The average Bonchev–Trinajstić information content (AvgIpc) is 2.46. The summed E-state index contributed by atoms with van der Waals surface area (Å²) in [5, 5.41) is 0. The molecular weight excluding hydrogens is 317 g/mol. The fraction of sp³-hybridized carbons (Fsp3) is 0.462. The lowest BCUT2D eigenvalue weighted by Gasteiger charge is -2.15. The SMILES string of the molecule is CCOC(=O)C(C)NS(=O)(=O)c1cc(OC)c(OC)cc1F. The van der Waals surface area contributed by atoms with Gasteiger partial charge in [0.25, 0.3) is 0 Å². The van der Waals surface area contributed by atoms with Crippen molar-refractivity contribution in [2.75, 3.05) is 20.8 Å². The fourth-order valence-corrected chi connectivity index (χ4v) is 2.92. The molecule has 0 aliphatic rings. The van der Waals surface area contributed by atoms with Crippen LogP contribution in [-0.2, 0) is 19.6 Å². The van der Waals surface area contributed by atoms with E-state index in [4.69, 9.17) is 14.2 Å². The van der Waals surface area contributed by atoms with Gasteiger partial charge in [0.2, 0.25) is 10.0 Å². The zero-order valence-electron chi connectivity index (χ0n) is 12.7. The lowest BCUT2D eigenvalue weighted by molar-refractivity contribution is -0.144. The molecule has 0 fully saturated rings. The number of hydrogen-bond donors (Lipinski definition) is 1. The Morgan fingerprint density at radius 2 is 1.82 bits per heavy atom. The maximum atomic E-state index is 14.0. The van der Waals surface area contributed by atoms with Crippen LogP contribution in [0.5, 0.6) is 11.5 Å². The molecule has 0 saturated carbocycles. The molecule has 1 unspecified atom stereocenters. The van der Waals surface area contributed by atoms with Crippen LogP contribution in [0, 0.1) is 5.82 Å². The van der Waals surface area contributed by atoms with E-state index in [0.717, 1.165) is 12.1 Å². The fourth-order valence-electron chi connectivity index (χ4n) is 1.65. The number of hydrogen-bond acceptors (Lipinski definition) is 6. The van der Waals surface area contributed by atoms with E-state index in [-0.39, 0.29) is 18.1 Å². The topological polar surface area (TPSA) is 90.9 Å². The molecule has 0 aliphatic heterocycles. The van der Waals surface area contributed by atoms with E-state index in [1.807, 2.05) is 4.72 Å². The summed E-state index contributed by atoms with van der Waals surface area (Å²) in [7, 11) is -1.68. The van der Waals surface area contributed by atoms with Gasteiger partial charge in [-0.05, 0) is 13.8 Å². The molecule has 22 heavy (non-hydrogen) atoms. The second-order valence-corrected chi connectivity index (χ2v) is 5.92. The summed E-state index contributed by atoms with van der Waals surface area (Å²) in [5.41, 5.74) is 0. The van der Waals surface area contributed by atoms with Gasteiger partial charge in [-0.3, -0.25) is 4.79 Å². The Balaban J connectivity index is 3.15. The largest absolute Gasteiger partial charge is 0.493 e. The zero-order valence-corrected chi connectivity index (χ0v) is 13.5. The molecular formula is C13H18FNO6S. The van der Waals surface area contributed by atoms with Gasteiger partial charge in [-0.1, -0.05) is 0 Å². The first-order valence-corrected chi connectivity index (χ1v) is 7.85. The Kier molecular flexibility index (Phi) is 6.12. The number of nitrogens with one attached hydrogen (secondary N) is 1.